The fourth-order valence-electron chi connectivity index (χ4n) is 1.56. The molecule has 0 atom stereocenters. The molecule has 0 N–H and O–H groups in total. The molecule has 0 bridgehead atoms. The van der Waals surface area contributed by atoms with E-state index in [0.717, 1.165) is 27.9 Å². The van der Waals surface area contributed by atoms with E-state index in [4.69, 9.17) is 16.3 Å². The summed E-state index contributed by atoms with van der Waals surface area (Å²) in [6, 6.07) is 5.81. The molecular weight excluding hydrogens is 316 g/mol. The van der Waals surface area contributed by atoms with E-state index in [1.165, 1.54) is 0 Å². The summed E-state index contributed by atoms with van der Waals surface area (Å²) in [4.78, 5) is 0. The molecule has 18 heavy (non-hydrogen) atoms. The summed E-state index contributed by atoms with van der Waals surface area (Å²) in [7, 11) is 0. The van der Waals surface area contributed by atoms with Gasteiger partial charge in [0.1, 0.15) is 12.4 Å². The van der Waals surface area contributed by atoms with Gasteiger partial charge in [-0.1, -0.05) is 15.9 Å². The van der Waals surface area contributed by atoms with E-state index in [1.807, 2.05) is 35.3 Å². The Hall–Kier alpha value is -1.00. The lowest BCUT2D eigenvalue weighted by Crippen LogP contribution is -1.96. The van der Waals surface area contributed by atoms with Crippen molar-refractivity contribution in [2.45, 2.75) is 26.0 Å². The number of alkyl halides is 1. The molecule has 1 aromatic heterocycles. The summed E-state index contributed by atoms with van der Waals surface area (Å²) in [5, 5.41) is 4.20. The summed E-state index contributed by atoms with van der Waals surface area (Å²) in [5.74, 6) is 1.28. The second-order valence-electron chi connectivity index (χ2n) is 3.88. The fraction of sp³-hybridized carbons (Fsp3) is 0.308. The zero-order chi connectivity index (χ0) is 13.0. The number of hydrogen-bond acceptors (Lipinski definition) is 2. The van der Waals surface area contributed by atoms with Crippen molar-refractivity contribution in [1.82, 2.24) is 9.78 Å². The normalized spacial score (nSPS) is 10.6. The van der Waals surface area contributed by atoms with E-state index in [1.54, 1.807) is 0 Å². The monoisotopic (exact) mass is 328 g/mol. The van der Waals surface area contributed by atoms with Crippen LogP contribution in [-0.4, -0.2) is 9.78 Å². The Morgan fingerprint density at radius 2 is 2.28 bits per heavy atom. The molecular formula is C13H14BrClN2O. The lowest BCUT2D eigenvalue weighted by atomic mass is 10.2. The van der Waals surface area contributed by atoms with Crippen LogP contribution >= 0.6 is 27.5 Å². The van der Waals surface area contributed by atoms with Crippen LogP contribution in [0, 0.1) is 0 Å². The first-order valence-electron chi connectivity index (χ1n) is 5.71. The van der Waals surface area contributed by atoms with Crippen LogP contribution in [0.4, 0.5) is 0 Å². The van der Waals surface area contributed by atoms with Crippen molar-refractivity contribution in [3.63, 3.8) is 0 Å². The Morgan fingerprint density at radius 3 is 2.94 bits per heavy atom. The highest BCUT2D eigenvalue weighted by atomic mass is 79.9. The molecule has 0 saturated carbocycles. The number of halogens is 2. The number of rotatable bonds is 5. The molecule has 0 fully saturated rings. The minimum atomic E-state index is 0.464. The molecule has 0 unspecified atom stereocenters. The average molecular weight is 330 g/mol. The molecule has 0 aliphatic heterocycles. The van der Waals surface area contributed by atoms with Gasteiger partial charge in [0.25, 0.3) is 0 Å². The minimum absolute atomic E-state index is 0.464. The third kappa shape index (κ3) is 3.27. The van der Waals surface area contributed by atoms with Crippen LogP contribution in [0.15, 0.2) is 35.1 Å². The molecule has 0 amide bonds. The van der Waals surface area contributed by atoms with Gasteiger partial charge < -0.3 is 4.74 Å². The highest BCUT2D eigenvalue weighted by molar-refractivity contribution is 9.10. The van der Waals surface area contributed by atoms with Gasteiger partial charge in [-0.05, 0) is 30.7 Å². The van der Waals surface area contributed by atoms with E-state index >= 15 is 0 Å². The first-order chi connectivity index (χ1) is 8.72. The zero-order valence-corrected chi connectivity index (χ0v) is 12.4. The van der Waals surface area contributed by atoms with E-state index in [0.29, 0.717) is 12.5 Å². The van der Waals surface area contributed by atoms with Crippen LogP contribution in [0.25, 0.3) is 0 Å². The smallest absolute Gasteiger partial charge is 0.120 e. The van der Waals surface area contributed by atoms with Gasteiger partial charge in [-0.15, -0.1) is 11.6 Å². The van der Waals surface area contributed by atoms with Gasteiger partial charge >= 0.3 is 0 Å². The maximum absolute atomic E-state index is 5.84. The van der Waals surface area contributed by atoms with Crippen molar-refractivity contribution in [1.29, 1.82) is 0 Å². The van der Waals surface area contributed by atoms with E-state index in [-0.39, 0.29) is 0 Å². The molecule has 0 aliphatic rings. The van der Waals surface area contributed by atoms with Crippen molar-refractivity contribution in [2.24, 2.45) is 0 Å². The molecule has 0 aliphatic carbocycles. The fourth-order valence-corrected chi connectivity index (χ4v) is 2.33. The van der Waals surface area contributed by atoms with E-state index in [9.17, 15) is 0 Å². The quantitative estimate of drug-likeness (QED) is 0.776. The second kappa shape index (κ2) is 6.25. The molecule has 2 aromatic rings. The molecule has 0 radical (unpaired) electrons. The second-order valence-corrected chi connectivity index (χ2v) is 5.00. The largest absolute Gasteiger partial charge is 0.489 e. The third-order valence-electron chi connectivity index (χ3n) is 2.58. The molecule has 1 aromatic carbocycles. The number of benzene rings is 1. The Balaban J connectivity index is 2.01. The summed E-state index contributed by atoms with van der Waals surface area (Å²) < 4.78 is 8.60. The Bertz CT molecular complexity index is 527. The maximum atomic E-state index is 5.84. The van der Waals surface area contributed by atoms with Gasteiger partial charge in [-0.3, -0.25) is 4.68 Å². The molecule has 96 valence electrons. The lowest BCUT2D eigenvalue weighted by molar-refractivity contribution is 0.306. The van der Waals surface area contributed by atoms with Crippen LogP contribution in [0.5, 0.6) is 5.75 Å². The predicted molar refractivity (Wildman–Crippen MR) is 75.9 cm³/mol. The standard InChI is InChI=1S/C13H14BrClN2O/c1-2-17-8-10(7-16-17)9-18-12-3-4-13(14)11(5-12)6-15/h3-5,7-8H,2,6,9H2,1H3. The Morgan fingerprint density at radius 1 is 1.44 bits per heavy atom. The number of ether oxygens (including phenoxy) is 1. The highest BCUT2D eigenvalue weighted by Crippen LogP contribution is 2.24. The molecule has 0 saturated heterocycles. The van der Waals surface area contributed by atoms with Crippen molar-refractivity contribution >= 4 is 27.5 Å². The van der Waals surface area contributed by atoms with Crippen molar-refractivity contribution < 1.29 is 4.74 Å². The number of hydrogen-bond donors (Lipinski definition) is 0. The maximum Gasteiger partial charge on any atom is 0.120 e. The minimum Gasteiger partial charge on any atom is -0.489 e. The SMILES string of the molecule is CCn1cc(COc2ccc(Br)c(CCl)c2)cn1. The van der Waals surface area contributed by atoms with Crippen LogP contribution in [0.2, 0.25) is 0 Å². The van der Waals surface area contributed by atoms with Gasteiger partial charge in [0.2, 0.25) is 0 Å². The van der Waals surface area contributed by atoms with Gasteiger partial charge in [-0.2, -0.15) is 5.10 Å². The molecule has 3 nitrogen and oxygen atoms in total. The van der Waals surface area contributed by atoms with E-state index in [2.05, 4.69) is 28.0 Å². The third-order valence-corrected chi connectivity index (χ3v) is 3.64. The number of aromatic nitrogens is 2. The van der Waals surface area contributed by atoms with E-state index < -0.39 is 0 Å². The van der Waals surface area contributed by atoms with Gasteiger partial charge in [0.05, 0.1) is 6.20 Å². The predicted octanol–water partition coefficient (Wildman–Crippen LogP) is 3.98. The lowest BCUT2D eigenvalue weighted by Gasteiger charge is -2.07. The number of aryl methyl sites for hydroxylation is 1. The molecule has 0 spiro atoms. The summed E-state index contributed by atoms with van der Waals surface area (Å²) in [6.07, 6.45) is 3.81. The first kappa shape index (κ1) is 13.4. The first-order valence-corrected chi connectivity index (χ1v) is 7.04. The topological polar surface area (TPSA) is 27.1 Å². The van der Waals surface area contributed by atoms with Crippen LogP contribution in [-0.2, 0) is 19.0 Å². The van der Waals surface area contributed by atoms with Crippen molar-refractivity contribution in [3.8, 4) is 5.75 Å². The van der Waals surface area contributed by atoms with Gasteiger partial charge in [0.15, 0.2) is 0 Å². The highest BCUT2D eigenvalue weighted by Gasteiger charge is 2.03. The van der Waals surface area contributed by atoms with Crippen molar-refractivity contribution in [2.75, 3.05) is 0 Å². The van der Waals surface area contributed by atoms with Gasteiger partial charge in [-0.25, -0.2) is 0 Å². The Labute approximate surface area is 120 Å². The summed E-state index contributed by atoms with van der Waals surface area (Å²) in [5.41, 5.74) is 2.09. The van der Waals surface area contributed by atoms with Gasteiger partial charge in [0, 0.05) is 28.7 Å². The molecule has 1 heterocycles. The number of nitrogens with zero attached hydrogens (tertiary/aromatic N) is 2. The zero-order valence-electron chi connectivity index (χ0n) is 10.1. The van der Waals surface area contributed by atoms with Crippen LogP contribution in [0.3, 0.4) is 0 Å². The van der Waals surface area contributed by atoms with Crippen LogP contribution in [0.1, 0.15) is 18.1 Å². The molecule has 2 rings (SSSR count). The summed E-state index contributed by atoms with van der Waals surface area (Å²) >= 11 is 9.29. The Kier molecular flexibility index (Phi) is 4.66. The van der Waals surface area contributed by atoms with Crippen LogP contribution < -0.4 is 4.74 Å². The summed E-state index contributed by atoms with van der Waals surface area (Å²) in [6.45, 7) is 3.44. The average Bonchev–Trinajstić information content (AvgIpc) is 2.86. The van der Waals surface area contributed by atoms with Crippen molar-refractivity contribution in [3.05, 3.63) is 46.2 Å². The molecule has 5 heteroatoms.